The molecule has 1 fully saturated rings. The minimum atomic E-state index is -5.14. The van der Waals surface area contributed by atoms with Crippen molar-refractivity contribution in [3.63, 3.8) is 0 Å². The zero-order chi connectivity index (χ0) is 37.8. The van der Waals surface area contributed by atoms with Crippen LogP contribution in [0.5, 0.6) is 0 Å². The van der Waals surface area contributed by atoms with Crippen molar-refractivity contribution < 1.29 is 67.7 Å². The summed E-state index contributed by atoms with van der Waals surface area (Å²) in [5.41, 5.74) is -6.09. The number of amides is 1. The molecule has 1 amide bonds. The van der Waals surface area contributed by atoms with Crippen molar-refractivity contribution in [1.29, 1.82) is 0 Å². The number of benzene rings is 3. The number of cyclic esters (lactones) is 1. The highest BCUT2D eigenvalue weighted by Crippen LogP contribution is 2.47. The summed E-state index contributed by atoms with van der Waals surface area (Å²) < 4.78 is 157. The molecule has 274 valence electrons. The van der Waals surface area contributed by atoms with Gasteiger partial charge in [0.05, 0.1) is 28.3 Å². The number of hydrogen-bond donors (Lipinski definition) is 0. The van der Waals surface area contributed by atoms with E-state index < -0.39 is 87.4 Å². The van der Waals surface area contributed by atoms with E-state index in [4.69, 9.17) is 4.74 Å². The van der Waals surface area contributed by atoms with E-state index in [9.17, 15) is 53.6 Å². The van der Waals surface area contributed by atoms with Crippen molar-refractivity contribution in [3.8, 4) is 11.1 Å². The predicted molar refractivity (Wildman–Crippen MR) is 160 cm³/mol. The van der Waals surface area contributed by atoms with Crippen LogP contribution >= 0.6 is 0 Å². The quantitative estimate of drug-likeness (QED) is 0.237. The fraction of sp³-hybridized carbons (Fsp3) is 0.371. The topological polar surface area (TPSA) is 55.8 Å². The minimum Gasteiger partial charge on any atom is -0.439 e. The van der Waals surface area contributed by atoms with Crippen LogP contribution in [0.25, 0.3) is 16.7 Å². The van der Waals surface area contributed by atoms with Gasteiger partial charge in [0, 0.05) is 16.6 Å². The standard InChI is InChI=1S/C35H28F11NO4/c1-17-29(20-10-22(33(37,38)39)14-23(11-20)34(40,41)42)50-31(49)47(17)16-21-15-32(2,3)9-8-24(21)26-12-18(5-7-28(26)36)25-6-4-19(30(48)51-46)13-27(25)35(43,44)45/h4-7,10-14,17,29H,8-9,15-16H2,1-3H3/t17-,29-/m0/s1. The van der Waals surface area contributed by atoms with Gasteiger partial charge in [-0.3, -0.25) is 4.90 Å². The molecule has 51 heavy (non-hydrogen) atoms. The maximum absolute atomic E-state index is 15.6. The van der Waals surface area contributed by atoms with Crippen LogP contribution in [0.1, 0.15) is 84.3 Å². The molecule has 0 unspecified atom stereocenters. The highest BCUT2D eigenvalue weighted by molar-refractivity contribution is 5.90. The summed E-state index contributed by atoms with van der Waals surface area (Å²) in [4.78, 5) is 28.9. The van der Waals surface area contributed by atoms with E-state index in [2.05, 4.69) is 4.94 Å². The molecule has 0 spiro atoms. The van der Waals surface area contributed by atoms with Crippen molar-refractivity contribution in [3.05, 3.63) is 99.4 Å². The van der Waals surface area contributed by atoms with Gasteiger partial charge in [-0.15, -0.1) is 0 Å². The first-order valence-electron chi connectivity index (χ1n) is 15.3. The Bertz CT molecular complexity index is 1860. The summed E-state index contributed by atoms with van der Waals surface area (Å²) in [7, 11) is 0. The number of alkyl halides is 9. The molecule has 3 aromatic carbocycles. The summed E-state index contributed by atoms with van der Waals surface area (Å²) in [5.74, 6) is -2.48. The molecule has 5 nitrogen and oxygen atoms in total. The Hall–Kier alpha value is -4.63. The van der Waals surface area contributed by atoms with E-state index in [1.165, 1.54) is 6.92 Å². The SMILES string of the molecule is C[C@H]1[C@@H](c2cc(C(F)(F)F)cc(C(F)(F)F)c2)OC(=O)N1CC1=C(c2cc(-c3ccc(C(=O)OF)cc3C(F)(F)F)ccc2F)CCC(C)(C)C1. The molecular formula is C35H28F11NO4. The molecule has 1 aliphatic heterocycles. The molecule has 0 saturated carbocycles. The summed E-state index contributed by atoms with van der Waals surface area (Å²) in [6.07, 6.45) is -17.0. The van der Waals surface area contributed by atoms with E-state index in [1.54, 1.807) is 0 Å². The Balaban J connectivity index is 1.56. The monoisotopic (exact) mass is 735 g/mol. The average molecular weight is 736 g/mol. The van der Waals surface area contributed by atoms with Crippen molar-refractivity contribution >= 4 is 17.6 Å². The molecule has 0 radical (unpaired) electrons. The first kappa shape index (κ1) is 37.6. The lowest BCUT2D eigenvalue weighted by Crippen LogP contribution is -2.35. The van der Waals surface area contributed by atoms with Crippen molar-refractivity contribution in [2.45, 2.75) is 70.7 Å². The van der Waals surface area contributed by atoms with E-state index in [0.29, 0.717) is 35.8 Å². The molecule has 0 aromatic heterocycles. The number of hydrogen-bond acceptors (Lipinski definition) is 4. The lowest BCUT2D eigenvalue weighted by atomic mass is 9.72. The highest BCUT2D eigenvalue weighted by Gasteiger charge is 2.44. The average Bonchev–Trinajstić information content (AvgIpc) is 3.31. The van der Waals surface area contributed by atoms with Gasteiger partial charge in [0.1, 0.15) is 11.9 Å². The third-order valence-electron chi connectivity index (χ3n) is 9.10. The molecule has 1 saturated heterocycles. The molecule has 0 N–H and O–H groups in total. The van der Waals surface area contributed by atoms with Crippen molar-refractivity contribution in [2.75, 3.05) is 6.54 Å². The number of carbonyl (C=O) groups excluding carboxylic acids is 2. The van der Waals surface area contributed by atoms with Gasteiger partial charge in [0.25, 0.3) is 0 Å². The van der Waals surface area contributed by atoms with Crippen LogP contribution in [-0.4, -0.2) is 29.5 Å². The van der Waals surface area contributed by atoms with Crippen LogP contribution < -0.4 is 0 Å². The Morgan fingerprint density at radius 2 is 1.51 bits per heavy atom. The number of ether oxygens (including phenoxy) is 1. The minimum absolute atomic E-state index is 0.0450. The van der Waals surface area contributed by atoms with Crippen LogP contribution in [0, 0.1) is 11.2 Å². The number of halogens is 11. The normalized spacial score (nSPS) is 19.7. The first-order valence-corrected chi connectivity index (χ1v) is 15.3. The number of rotatable bonds is 6. The van der Waals surface area contributed by atoms with Crippen LogP contribution in [0.3, 0.4) is 0 Å². The Labute approximate surface area is 283 Å². The first-order chi connectivity index (χ1) is 23.5. The number of carbonyl (C=O) groups is 2. The lowest BCUT2D eigenvalue weighted by Gasteiger charge is -2.35. The Morgan fingerprint density at radius 3 is 2.08 bits per heavy atom. The van der Waals surface area contributed by atoms with Crippen LogP contribution in [-0.2, 0) is 28.2 Å². The van der Waals surface area contributed by atoms with Crippen molar-refractivity contribution in [2.24, 2.45) is 5.41 Å². The molecule has 5 rings (SSSR count). The lowest BCUT2D eigenvalue weighted by molar-refractivity contribution is -0.143. The molecular weight excluding hydrogens is 707 g/mol. The molecule has 1 aliphatic carbocycles. The molecule has 0 bridgehead atoms. The molecule has 2 aliphatic rings. The zero-order valence-electron chi connectivity index (χ0n) is 26.9. The second-order valence-corrected chi connectivity index (χ2v) is 13.3. The van der Waals surface area contributed by atoms with Gasteiger partial charge in [0.15, 0.2) is 0 Å². The molecule has 1 heterocycles. The summed E-state index contributed by atoms with van der Waals surface area (Å²) >= 11 is 0. The van der Waals surface area contributed by atoms with Gasteiger partial charge in [-0.1, -0.05) is 26.0 Å². The van der Waals surface area contributed by atoms with Crippen LogP contribution in [0.4, 0.5) is 53.2 Å². The highest BCUT2D eigenvalue weighted by atomic mass is 19.4. The van der Waals surface area contributed by atoms with Gasteiger partial charge in [-0.25, -0.2) is 18.9 Å². The third-order valence-corrected chi connectivity index (χ3v) is 9.10. The fourth-order valence-electron chi connectivity index (χ4n) is 6.52. The van der Waals surface area contributed by atoms with Crippen LogP contribution in [0.2, 0.25) is 0 Å². The van der Waals surface area contributed by atoms with E-state index >= 15 is 4.39 Å². The second-order valence-electron chi connectivity index (χ2n) is 13.3. The second kappa shape index (κ2) is 13.2. The van der Waals surface area contributed by atoms with Gasteiger partial charge in [0.2, 0.25) is 0 Å². The summed E-state index contributed by atoms with van der Waals surface area (Å²) in [6, 6.07) is 5.20. The van der Waals surface area contributed by atoms with E-state index in [0.717, 1.165) is 35.2 Å². The summed E-state index contributed by atoms with van der Waals surface area (Å²) in [6.45, 7) is 4.86. The smallest absolute Gasteiger partial charge is 0.417 e. The van der Waals surface area contributed by atoms with Gasteiger partial charge >= 0.3 is 30.6 Å². The molecule has 2 atom stereocenters. The predicted octanol–water partition coefficient (Wildman–Crippen LogP) is 11.1. The molecule has 16 heteroatoms. The van der Waals surface area contributed by atoms with Gasteiger partial charge in [-0.05, 0) is 102 Å². The van der Waals surface area contributed by atoms with E-state index in [1.807, 2.05) is 13.8 Å². The fourth-order valence-corrected chi connectivity index (χ4v) is 6.52. The summed E-state index contributed by atoms with van der Waals surface area (Å²) in [5, 5.41) is 0. The Kier molecular flexibility index (Phi) is 9.71. The largest absolute Gasteiger partial charge is 0.439 e. The Morgan fingerprint density at radius 1 is 0.882 bits per heavy atom. The maximum Gasteiger partial charge on any atom is 0.417 e. The third kappa shape index (κ3) is 7.83. The maximum atomic E-state index is 15.6. The van der Waals surface area contributed by atoms with Crippen LogP contribution in [0.15, 0.2) is 60.2 Å². The zero-order valence-corrected chi connectivity index (χ0v) is 26.9. The van der Waals surface area contributed by atoms with E-state index in [-0.39, 0.29) is 36.6 Å². The van der Waals surface area contributed by atoms with Gasteiger partial charge < -0.3 is 4.74 Å². The van der Waals surface area contributed by atoms with Gasteiger partial charge in [-0.2, -0.15) is 39.5 Å². The molecule has 3 aromatic rings. The number of nitrogens with zero attached hydrogens (tertiary/aromatic N) is 1. The van der Waals surface area contributed by atoms with Crippen molar-refractivity contribution in [1.82, 2.24) is 4.90 Å². The number of allylic oxidation sites excluding steroid dienone is 1.